The first-order valence-corrected chi connectivity index (χ1v) is 6.59. The standard InChI is InChI=1S/C12H13N3O3S/c1-2-9(11(17)18)19-12-14-8-6-4-3-5-7(8)10(16)15(12)13/h3-6,9H,2,13H2,1H3,(H,17,18). The zero-order chi connectivity index (χ0) is 14.0. The number of nitrogen functional groups attached to an aromatic ring is 1. The van der Waals surface area contributed by atoms with Crippen molar-refractivity contribution in [2.75, 3.05) is 5.84 Å². The largest absolute Gasteiger partial charge is 0.480 e. The predicted molar refractivity (Wildman–Crippen MR) is 73.7 cm³/mol. The van der Waals surface area contributed by atoms with Gasteiger partial charge in [-0.3, -0.25) is 9.59 Å². The van der Waals surface area contributed by atoms with Gasteiger partial charge in [0.2, 0.25) is 0 Å². The van der Waals surface area contributed by atoms with Gasteiger partial charge in [-0.15, -0.1) is 0 Å². The number of para-hydroxylation sites is 1. The van der Waals surface area contributed by atoms with Gasteiger partial charge in [-0.2, -0.15) is 0 Å². The van der Waals surface area contributed by atoms with E-state index < -0.39 is 11.2 Å². The van der Waals surface area contributed by atoms with Gasteiger partial charge in [-0.25, -0.2) is 9.66 Å². The van der Waals surface area contributed by atoms with Crippen LogP contribution in [0, 0.1) is 0 Å². The third-order valence-corrected chi connectivity index (χ3v) is 3.99. The molecule has 0 saturated carbocycles. The molecule has 0 aliphatic carbocycles. The zero-order valence-corrected chi connectivity index (χ0v) is 11.1. The lowest BCUT2D eigenvalue weighted by Crippen LogP contribution is -2.31. The Balaban J connectivity index is 2.52. The molecule has 0 aliphatic rings. The minimum Gasteiger partial charge on any atom is -0.480 e. The molecule has 19 heavy (non-hydrogen) atoms. The van der Waals surface area contributed by atoms with Gasteiger partial charge in [-0.1, -0.05) is 30.8 Å². The van der Waals surface area contributed by atoms with E-state index >= 15 is 0 Å². The zero-order valence-electron chi connectivity index (χ0n) is 10.2. The number of benzene rings is 1. The van der Waals surface area contributed by atoms with Crippen LogP contribution in [0.2, 0.25) is 0 Å². The van der Waals surface area contributed by atoms with Gasteiger partial charge in [0.15, 0.2) is 5.16 Å². The van der Waals surface area contributed by atoms with Crippen LogP contribution in [0.5, 0.6) is 0 Å². The summed E-state index contributed by atoms with van der Waals surface area (Å²) in [6.07, 6.45) is 0.419. The Morgan fingerprint density at radius 1 is 1.53 bits per heavy atom. The Bertz CT molecular complexity index is 683. The number of carboxylic acid groups (broad SMARTS) is 1. The first-order valence-electron chi connectivity index (χ1n) is 5.71. The van der Waals surface area contributed by atoms with Crippen molar-refractivity contribution in [2.45, 2.75) is 23.8 Å². The Hall–Kier alpha value is -2.02. The summed E-state index contributed by atoms with van der Waals surface area (Å²) in [7, 11) is 0. The average molecular weight is 279 g/mol. The lowest BCUT2D eigenvalue weighted by atomic mass is 10.2. The lowest BCUT2D eigenvalue weighted by Gasteiger charge is -2.12. The van der Waals surface area contributed by atoms with Crippen LogP contribution in [0.3, 0.4) is 0 Å². The molecule has 7 heteroatoms. The summed E-state index contributed by atoms with van der Waals surface area (Å²) < 4.78 is 0.901. The molecule has 0 saturated heterocycles. The van der Waals surface area contributed by atoms with E-state index in [1.54, 1.807) is 31.2 Å². The molecule has 0 radical (unpaired) electrons. The van der Waals surface area contributed by atoms with Crippen LogP contribution in [-0.4, -0.2) is 26.0 Å². The van der Waals surface area contributed by atoms with Gasteiger partial charge >= 0.3 is 5.97 Å². The summed E-state index contributed by atoms with van der Waals surface area (Å²) in [6, 6.07) is 6.82. The minimum absolute atomic E-state index is 0.206. The van der Waals surface area contributed by atoms with Crippen LogP contribution < -0.4 is 11.4 Å². The Kier molecular flexibility index (Phi) is 3.75. The van der Waals surface area contributed by atoms with Crippen LogP contribution in [0.1, 0.15) is 13.3 Å². The summed E-state index contributed by atoms with van der Waals surface area (Å²) in [5.41, 5.74) is 0.130. The molecular weight excluding hydrogens is 266 g/mol. The number of thioether (sulfide) groups is 1. The fourth-order valence-electron chi connectivity index (χ4n) is 1.64. The number of nitrogens with two attached hydrogens (primary N) is 1. The van der Waals surface area contributed by atoms with E-state index in [0.29, 0.717) is 17.3 Å². The van der Waals surface area contributed by atoms with Crippen molar-refractivity contribution in [2.24, 2.45) is 0 Å². The summed E-state index contributed by atoms with van der Waals surface area (Å²) in [6.45, 7) is 1.76. The molecule has 100 valence electrons. The van der Waals surface area contributed by atoms with Crippen LogP contribution in [0.15, 0.2) is 34.2 Å². The summed E-state index contributed by atoms with van der Waals surface area (Å²) >= 11 is 0.980. The number of carboxylic acids is 1. The highest BCUT2D eigenvalue weighted by Crippen LogP contribution is 2.23. The maximum absolute atomic E-state index is 12.0. The predicted octanol–water partition coefficient (Wildman–Crippen LogP) is 1.07. The number of hydrogen-bond acceptors (Lipinski definition) is 5. The van der Waals surface area contributed by atoms with E-state index in [-0.39, 0.29) is 10.7 Å². The van der Waals surface area contributed by atoms with Crippen molar-refractivity contribution in [1.82, 2.24) is 9.66 Å². The van der Waals surface area contributed by atoms with Gasteiger partial charge in [0.25, 0.3) is 5.56 Å². The average Bonchev–Trinajstić information content (AvgIpc) is 2.41. The molecule has 1 atom stereocenters. The molecule has 1 unspecified atom stereocenters. The van der Waals surface area contributed by atoms with Crippen molar-refractivity contribution in [3.8, 4) is 0 Å². The van der Waals surface area contributed by atoms with Gasteiger partial charge < -0.3 is 10.9 Å². The molecule has 1 aromatic carbocycles. The highest BCUT2D eigenvalue weighted by Gasteiger charge is 2.20. The summed E-state index contributed by atoms with van der Waals surface area (Å²) in [5, 5.41) is 8.97. The quantitative estimate of drug-likeness (QED) is 0.493. The second kappa shape index (κ2) is 5.31. The van der Waals surface area contributed by atoms with E-state index in [1.165, 1.54) is 0 Å². The number of fused-ring (bicyclic) bond motifs is 1. The van der Waals surface area contributed by atoms with Gasteiger partial charge in [0.05, 0.1) is 10.9 Å². The van der Waals surface area contributed by atoms with Crippen LogP contribution in [0.25, 0.3) is 10.9 Å². The molecular formula is C12H13N3O3S. The first kappa shape index (κ1) is 13.4. The molecule has 0 bridgehead atoms. The highest BCUT2D eigenvalue weighted by molar-refractivity contribution is 8.00. The van der Waals surface area contributed by atoms with E-state index in [2.05, 4.69) is 4.98 Å². The number of hydrogen-bond donors (Lipinski definition) is 2. The van der Waals surface area contributed by atoms with Gasteiger partial charge in [0.1, 0.15) is 5.25 Å². The molecule has 3 N–H and O–H groups in total. The van der Waals surface area contributed by atoms with E-state index in [1.807, 2.05) is 0 Å². The van der Waals surface area contributed by atoms with Crippen molar-refractivity contribution >= 4 is 28.6 Å². The lowest BCUT2D eigenvalue weighted by molar-refractivity contribution is -0.136. The number of nitrogens with zero attached hydrogens (tertiary/aromatic N) is 2. The molecule has 0 spiro atoms. The number of aliphatic carboxylic acids is 1. The maximum Gasteiger partial charge on any atom is 0.317 e. The maximum atomic E-state index is 12.0. The van der Waals surface area contributed by atoms with E-state index in [9.17, 15) is 9.59 Å². The van der Waals surface area contributed by atoms with Crippen LogP contribution in [-0.2, 0) is 4.79 Å². The molecule has 6 nitrogen and oxygen atoms in total. The molecule has 0 aliphatic heterocycles. The monoisotopic (exact) mass is 279 g/mol. The van der Waals surface area contributed by atoms with Crippen molar-refractivity contribution in [1.29, 1.82) is 0 Å². The van der Waals surface area contributed by atoms with Crippen LogP contribution in [0.4, 0.5) is 0 Å². The molecule has 1 heterocycles. The second-order valence-electron chi connectivity index (χ2n) is 3.94. The normalized spacial score (nSPS) is 12.5. The van der Waals surface area contributed by atoms with Crippen molar-refractivity contribution < 1.29 is 9.90 Å². The van der Waals surface area contributed by atoms with Crippen molar-refractivity contribution in [3.05, 3.63) is 34.6 Å². The summed E-state index contributed by atoms with van der Waals surface area (Å²) in [4.78, 5) is 27.3. The van der Waals surface area contributed by atoms with E-state index in [0.717, 1.165) is 16.4 Å². The van der Waals surface area contributed by atoms with Gasteiger partial charge in [-0.05, 0) is 18.6 Å². The molecule has 2 aromatic rings. The third kappa shape index (κ3) is 2.55. The molecule has 0 amide bonds. The van der Waals surface area contributed by atoms with E-state index in [4.69, 9.17) is 10.9 Å². The molecule has 1 aromatic heterocycles. The Labute approximate surface area is 113 Å². The topological polar surface area (TPSA) is 98.2 Å². The minimum atomic E-state index is -0.949. The SMILES string of the molecule is CCC(Sc1nc2ccccc2c(=O)n1N)C(=O)O. The Morgan fingerprint density at radius 3 is 2.84 bits per heavy atom. The van der Waals surface area contributed by atoms with Gasteiger partial charge in [0, 0.05) is 0 Å². The third-order valence-electron chi connectivity index (χ3n) is 2.67. The first-order chi connectivity index (χ1) is 9.04. The number of carbonyl (C=O) groups is 1. The number of rotatable bonds is 4. The fourth-order valence-corrected chi connectivity index (χ4v) is 2.51. The fraction of sp³-hybridized carbons (Fsp3) is 0.250. The number of aromatic nitrogens is 2. The Morgan fingerprint density at radius 2 is 2.21 bits per heavy atom. The molecule has 2 rings (SSSR count). The smallest absolute Gasteiger partial charge is 0.317 e. The van der Waals surface area contributed by atoms with Crippen LogP contribution >= 0.6 is 11.8 Å². The van der Waals surface area contributed by atoms with Crippen molar-refractivity contribution in [3.63, 3.8) is 0 Å². The molecule has 0 fully saturated rings. The second-order valence-corrected chi connectivity index (χ2v) is 5.11. The highest BCUT2D eigenvalue weighted by atomic mass is 32.2. The summed E-state index contributed by atoms with van der Waals surface area (Å²) in [5.74, 6) is 4.73.